The van der Waals surface area contributed by atoms with Crippen LogP contribution in [-0.4, -0.2) is 35.9 Å². The van der Waals surface area contributed by atoms with Crippen LogP contribution in [0.3, 0.4) is 0 Å². The maximum atomic E-state index is 11.8. The second-order valence-corrected chi connectivity index (χ2v) is 3.95. The van der Waals surface area contributed by atoms with Gasteiger partial charge in [0.25, 0.3) is 0 Å². The molecular formula is C11H14N4O2. The molecule has 1 saturated heterocycles. The van der Waals surface area contributed by atoms with Crippen molar-refractivity contribution in [2.45, 2.75) is 13.0 Å². The lowest BCUT2D eigenvalue weighted by Gasteiger charge is -2.22. The molecule has 0 aliphatic carbocycles. The summed E-state index contributed by atoms with van der Waals surface area (Å²) in [4.78, 5) is 26.8. The fourth-order valence-electron chi connectivity index (χ4n) is 1.51. The molecule has 0 bridgehead atoms. The van der Waals surface area contributed by atoms with E-state index >= 15 is 0 Å². The van der Waals surface area contributed by atoms with Crippen LogP contribution in [0.1, 0.15) is 5.56 Å². The highest BCUT2D eigenvalue weighted by atomic mass is 16.2. The number of nitrogens with zero attached hydrogens (tertiary/aromatic N) is 1. The molecule has 2 amide bonds. The SMILES string of the molecule is Cc1ccc(NC(=O)C2CNC(=O)CN2)nc1. The summed E-state index contributed by atoms with van der Waals surface area (Å²) in [7, 11) is 0. The third-order valence-corrected chi connectivity index (χ3v) is 2.49. The normalized spacial score (nSPS) is 19.6. The lowest BCUT2D eigenvalue weighted by Crippen LogP contribution is -2.56. The van der Waals surface area contributed by atoms with Crippen molar-refractivity contribution in [1.29, 1.82) is 0 Å². The number of hydrogen-bond donors (Lipinski definition) is 3. The molecule has 1 atom stereocenters. The van der Waals surface area contributed by atoms with Crippen molar-refractivity contribution < 1.29 is 9.59 Å². The predicted octanol–water partition coefficient (Wildman–Crippen LogP) is -0.583. The van der Waals surface area contributed by atoms with E-state index in [-0.39, 0.29) is 18.4 Å². The van der Waals surface area contributed by atoms with Gasteiger partial charge in [-0.1, -0.05) is 6.07 Å². The van der Waals surface area contributed by atoms with E-state index in [0.29, 0.717) is 12.4 Å². The summed E-state index contributed by atoms with van der Waals surface area (Å²) in [6.07, 6.45) is 1.69. The smallest absolute Gasteiger partial charge is 0.244 e. The first kappa shape index (κ1) is 11.5. The highest BCUT2D eigenvalue weighted by molar-refractivity contribution is 5.95. The maximum Gasteiger partial charge on any atom is 0.244 e. The summed E-state index contributed by atoms with van der Waals surface area (Å²) in [5.41, 5.74) is 1.03. The lowest BCUT2D eigenvalue weighted by atomic mass is 10.2. The topological polar surface area (TPSA) is 83.1 Å². The van der Waals surface area contributed by atoms with E-state index in [4.69, 9.17) is 0 Å². The third-order valence-electron chi connectivity index (χ3n) is 2.49. The van der Waals surface area contributed by atoms with Crippen molar-refractivity contribution in [3.63, 3.8) is 0 Å². The summed E-state index contributed by atoms with van der Waals surface area (Å²) in [6.45, 7) is 2.40. The number of aryl methyl sites for hydroxylation is 1. The van der Waals surface area contributed by atoms with E-state index in [1.807, 2.05) is 13.0 Å². The number of pyridine rings is 1. The van der Waals surface area contributed by atoms with Crippen molar-refractivity contribution >= 4 is 17.6 Å². The van der Waals surface area contributed by atoms with Gasteiger partial charge in [0.1, 0.15) is 11.9 Å². The van der Waals surface area contributed by atoms with E-state index < -0.39 is 6.04 Å². The van der Waals surface area contributed by atoms with Crippen molar-refractivity contribution in [2.75, 3.05) is 18.4 Å². The molecule has 0 radical (unpaired) electrons. The van der Waals surface area contributed by atoms with E-state index in [1.54, 1.807) is 12.3 Å². The number of aromatic nitrogens is 1. The fourth-order valence-corrected chi connectivity index (χ4v) is 1.51. The molecule has 2 rings (SSSR count). The Morgan fingerprint density at radius 2 is 2.35 bits per heavy atom. The van der Waals surface area contributed by atoms with Gasteiger partial charge in [-0.25, -0.2) is 4.98 Å². The van der Waals surface area contributed by atoms with Gasteiger partial charge in [0.05, 0.1) is 6.54 Å². The average molecular weight is 234 g/mol. The average Bonchev–Trinajstić information content (AvgIpc) is 2.33. The Morgan fingerprint density at radius 3 is 2.94 bits per heavy atom. The largest absolute Gasteiger partial charge is 0.353 e. The zero-order valence-electron chi connectivity index (χ0n) is 9.49. The third kappa shape index (κ3) is 3.01. The van der Waals surface area contributed by atoms with Gasteiger partial charge < -0.3 is 10.6 Å². The van der Waals surface area contributed by atoms with Crippen LogP contribution in [0.25, 0.3) is 0 Å². The Balaban J connectivity index is 1.92. The molecule has 6 nitrogen and oxygen atoms in total. The molecule has 1 fully saturated rings. The predicted molar refractivity (Wildman–Crippen MR) is 62.4 cm³/mol. The van der Waals surface area contributed by atoms with Gasteiger partial charge in [-0.3, -0.25) is 14.9 Å². The molecule has 3 N–H and O–H groups in total. The standard InChI is InChI=1S/C11H14N4O2/c1-7-2-3-9(13-4-7)15-11(17)8-5-14-10(16)6-12-8/h2-4,8,12H,5-6H2,1H3,(H,14,16)(H,13,15,17). The fraction of sp³-hybridized carbons (Fsp3) is 0.364. The van der Waals surface area contributed by atoms with E-state index in [0.717, 1.165) is 5.56 Å². The van der Waals surface area contributed by atoms with E-state index in [2.05, 4.69) is 20.9 Å². The zero-order chi connectivity index (χ0) is 12.3. The molecule has 2 heterocycles. The Labute approximate surface area is 98.8 Å². The summed E-state index contributed by atoms with van der Waals surface area (Å²) in [5.74, 6) is 0.225. The van der Waals surface area contributed by atoms with Gasteiger partial charge in [0.15, 0.2) is 0 Å². The summed E-state index contributed by atoms with van der Waals surface area (Å²) < 4.78 is 0. The van der Waals surface area contributed by atoms with Gasteiger partial charge in [0.2, 0.25) is 11.8 Å². The number of rotatable bonds is 2. The van der Waals surface area contributed by atoms with Crippen molar-refractivity contribution in [2.24, 2.45) is 0 Å². The van der Waals surface area contributed by atoms with Crippen LogP contribution in [0, 0.1) is 6.92 Å². The molecule has 0 aromatic carbocycles. The first-order valence-corrected chi connectivity index (χ1v) is 5.39. The molecule has 1 unspecified atom stereocenters. The minimum absolute atomic E-state index is 0.0949. The molecule has 90 valence electrons. The molecule has 1 aromatic heterocycles. The Hall–Kier alpha value is -1.95. The molecule has 6 heteroatoms. The Bertz CT molecular complexity index is 420. The first-order chi connectivity index (χ1) is 8.15. The maximum absolute atomic E-state index is 11.8. The molecule has 0 spiro atoms. The number of anilines is 1. The number of carbonyl (C=O) groups is 2. The molecule has 17 heavy (non-hydrogen) atoms. The Morgan fingerprint density at radius 1 is 1.53 bits per heavy atom. The summed E-state index contributed by atoms with van der Waals surface area (Å²) >= 11 is 0. The summed E-state index contributed by atoms with van der Waals surface area (Å²) in [5, 5.41) is 8.16. The molecule has 0 saturated carbocycles. The van der Waals surface area contributed by atoms with E-state index in [9.17, 15) is 9.59 Å². The van der Waals surface area contributed by atoms with Crippen LogP contribution in [0.4, 0.5) is 5.82 Å². The highest BCUT2D eigenvalue weighted by Gasteiger charge is 2.23. The number of carbonyl (C=O) groups excluding carboxylic acids is 2. The van der Waals surface area contributed by atoms with E-state index in [1.165, 1.54) is 0 Å². The monoisotopic (exact) mass is 234 g/mol. The molecule has 1 aliphatic heterocycles. The van der Waals surface area contributed by atoms with Crippen molar-refractivity contribution in [3.05, 3.63) is 23.9 Å². The minimum atomic E-state index is -0.407. The van der Waals surface area contributed by atoms with Crippen LogP contribution < -0.4 is 16.0 Å². The van der Waals surface area contributed by atoms with Gasteiger partial charge in [-0.05, 0) is 18.6 Å². The second kappa shape index (κ2) is 4.92. The van der Waals surface area contributed by atoms with Crippen LogP contribution in [-0.2, 0) is 9.59 Å². The van der Waals surface area contributed by atoms with Gasteiger partial charge in [-0.15, -0.1) is 0 Å². The molecular weight excluding hydrogens is 220 g/mol. The van der Waals surface area contributed by atoms with Crippen LogP contribution in [0.15, 0.2) is 18.3 Å². The number of nitrogens with one attached hydrogen (secondary N) is 3. The number of amides is 2. The van der Waals surface area contributed by atoms with Crippen molar-refractivity contribution in [1.82, 2.24) is 15.6 Å². The van der Waals surface area contributed by atoms with Crippen molar-refractivity contribution in [3.8, 4) is 0 Å². The highest BCUT2D eigenvalue weighted by Crippen LogP contribution is 2.04. The van der Waals surface area contributed by atoms with Gasteiger partial charge in [0, 0.05) is 12.7 Å². The van der Waals surface area contributed by atoms with Gasteiger partial charge >= 0.3 is 0 Å². The van der Waals surface area contributed by atoms with Crippen LogP contribution >= 0.6 is 0 Å². The molecule has 1 aromatic rings. The first-order valence-electron chi connectivity index (χ1n) is 5.39. The van der Waals surface area contributed by atoms with Crippen LogP contribution in [0.5, 0.6) is 0 Å². The quantitative estimate of drug-likeness (QED) is 0.639. The molecule has 1 aliphatic rings. The number of hydrogen-bond acceptors (Lipinski definition) is 4. The lowest BCUT2D eigenvalue weighted by molar-refractivity contribution is -0.124. The van der Waals surface area contributed by atoms with Crippen LogP contribution in [0.2, 0.25) is 0 Å². The Kier molecular flexibility index (Phi) is 3.34. The minimum Gasteiger partial charge on any atom is -0.353 e. The number of piperazine rings is 1. The zero-order valence-corrected chi connectivity index (χ0v) is 9.49. The second-order valence-electron chi connectivity index (χ2n) is 3.95. The van der Waals surface area contributed by atoms with Gasteiger partial charge in [-0.2, -0.15) is 0 Å². The summed E-state index contributed by atoms with van der Waals surface area (Å²) in [6, 6.07) is 3.21.